The van der Waals surface area contributed by atoms with Crippen LogP contribution in [0.4, 0.5) is 8.78 Å². The number of methoxy groups -OCH3 is 1. The molecule has 0 aromatic heterocycles. The van der Waals surface area contributed by atoms with Crippen molar-refractivity contribution in [3.8, 4) is 0 Å². The van der Waals surface area contributed by atoms with Gasteiger partial charge in [0.15, 0.2) is 0 Å². The summed E-state index contributed by atoms with van der Waals surface area (Å²) in [6.07, 6.45) is 1.67. The number of allylic oxidation sites excluding steroid dienone is 2. The average molecular weight is 280 g/mol. The van der Waals surface area contributed by atoms with Crippen LogP contribution in [0.2, 0.25) is 0 Å². The normalized spacial score (nSPS) is 17.6. The van der Waals surface area contributed by atoms with Gasteiger partial charge < -0.3 is 4.74 Å². The highest BCUT2D eigenvalue weighted by molar-refractivity contribution is 5.91. The molecule has 0 unspecified atom stereocenters. The van der Waals surface area contributed by atoms with Gasteiger partial charge in [0, 0.05) is 12.8 Å². The number of benzene rings is 1. The number of hydrogen-bond acceptors (Lipinski definition) is 2. The van der Waals surface area contributed by atoms with Gasteiger partial charge >= 0.3 is 5.97 Å². The van der Waals surface area contributed by atoms with Crippen molar-refractivity contribution in [3.05, 3.63) is 40.5 Å². The quantitative estimate of drug-likeness (QED) is 0.755. The Morgan fingerprint density at radius 2 is 1.85 bits per heavy atom. The minimum Gasteiger partial charge on any atom is -0.465 e. The van der Waals surface area contributed by atoms with E-state index in [9.17, 15) is 13.6 Å². The molecule has 1 aliphatic rings. The molecule has 1 aromatic rings. The maximum atomic E-state index is 13.2. The minimum absolute atomic E-state index is 0.115. The summed E-state index contributed by atoms with van der Waals surface area (Å²) in [6, 6.07) is 3.50. The highest BCUT2D eigenvalue weighted by atomic mass is 19.3. The molecule has 2 rings (SSSR count). The second-order valence-corrected chi connectivity index (χ2v) is 5.27. The summed E-state index contributed by atoms with van der Waals surface area (Å²) >= 11 is 0. The van der Waals surface area contributed by atoms with Crippen molar-refractivity contribution in [1.29, 1.82) is 0 Å². The van der Waals surface area contributed by atoms with Crippen LogP contribution >= 0.6 is 0 Å². The van der Waals surface area contributed by atoms with Crippen LogP contribution in [0.25, 0.3) is 5.57 Å². The fourth-order valence-electron chi connectivity index (χ4n) is 2.73. The zero-order valence-corrected chi connectivity index (χ0v) is 11.9. The standard InChI is InChI=1S/C16H18F2O2/c1-10-8-13(15(19)20-3)9-11(2)14(10)12-4-6-16(17,18)7-5-12/h4,8-9H,5-7H2,1-3H3. The number of alkyl halides is 2. The molecule has 0 spiro atoms. The van der Waals surface area contributed by atoms with Crippen LogP contribution in [0.1, 0.15) is 46.3 Å². The van der Waals surface area contributed by atoms with Crippen molar-refractivity contribution >= 4 is 11.5 Å². The van der Waals surface area contributed by atoms with E-state index in [1.807, 2.05) is 13.8 Å². The number of halogens is 2. The van der Waals surface area contributed by atoms with Crippen LogP contribution in [-0.2, 0) is 4.74 Å². The molecule has 0 saturated carbocycles. The largest absolute Gasteiger partial charge is 0.465 e. The number of rotatable bonds is 2. The van der Waals surface area contributed by atoms with Gasteiger partial charge in [0.1, 0.15) is 0 Å². The summed E-state index contributed by atoms with van der Waals surface area (Å²) < 4.78 is 31.1. The van der Waals surface area contributed by atoms with Gasteiger partial charge in [-0.2, -0.15) is 0 Å². The maximum Gasteiger partial charge on any atom is 0.337 e. The van der Waals surface area contributed by atoms with E-state index in [1.54, 1.807) is 18.2 Å². The van der Waals surface area contributed by atoms with E-state index in [-0.39, 0.29) is 18.8 Å². The van der Waals surface area contributed by atoms with E-state index in [2.05, 4.69) is 0 Å². The topological polar surface area (TPSA) is 26.3 Å². The first kappa shape index (κ1) is 14.7. The highest BCUT2D eigenvalue weighted by Crippen LogP contribution is 2.38. The first-order valence-corrected chi connectivity index (χ1v) is 6.61. The number of hydrogen-bond donors (Lipinski definition) is 0. The van der Waals surface area contributed by atoms with Crippen molar-refractivity contribution in [1.82, 2.24) is 0 Å². The Kier molecular flexibility index (Phi) is 3.93. The Morgan fingerprint density at radius 1 is 1.25 bits per heavy atom. The lowest BCUT2D eigenvalue weighted by molar-refractivity contribution is -0.00604. The Labute approximate surface area is 117 Å². The Bertz CT molecular complexity index is 551. The molecule has 0 amide bonds. The second kappa shape index (κ2) is 5.35. The van der Waals surface area contributed by atoms with Crippen LogP contribution in [-0.4, -0.2) is 19.0 Å². The Balaban J connectivity index is 2.39. The monoisotopic (exact) mass is 280 g/mol. The van der Waals surface area contributed by atoms with Crippen LogP contribution in [0.15, 0.2) is 18.2 Å². The van der Waals surface area contributed by atoms with E-state index in [4.69, 9.17) is 4.74 Å². The molecule has 0 saturated heterocycles. The summed E-state index contributed by atoms with van der Waals surface area (Å²) in [6.45, 7) is 3.78. The molecule has 0 radical (unpaired) electrons. The third-order valence-corrected chi connectivity index (χ3v) is 3.68. The predicted octanol–water partition coefficient (Wildman–Crippen LogP) is 4.29. The summed E-state index contributed by atoms with van der Waals surface area (Å²) in [5.41, 5.74) is 4.26. The van der Waals surface area contributed by atoms with Crippen molar-refractivity contribution in [2.75, 3.05) is 7.11 Å². The van der Waals surface area contributed by atoms with Crippen molar-refractivity contribution in [2.24, 2.45) is 0 Å². The average Bonchev–Trinajstić information content (AvgIpc) is 2.38. The third kappa shape index (κ3) is 2.89. The molecule has 0 heterocycles. The van der Waals surface area contributed by atoms with E-state index < -0.39 is 5.92 Å². The molecule has 1 aromatic carbocycles. The zero-order valence-electron chi connectivity index (χ0n) is 11.9. The molecule has 20 heavy (non-hydrogen) atoms. The van der Waals surface area contributed by atoms with E-state index in [0.29, 0.717) is 12.0 Å². The van der Waals surface area contributed by atoms with Crippen LogP contribution in [0, 0.1) is 13.8 Å². The number of esters is 1. The summed E-state index contributed by atoms with van der Waals surface area (Å²) in [5, 5.41) is 0. The molecular weight excluding hydrogens is 262 g/mol. The number of ether oxygens (including phenoxy) is 1. The lowest BCUT2D eigenvalue weighted by Crippen LogP contribution is -2.18. The van der Waals surface area contributed by atoms with Crippen molar-refractivity contribution in [3.63, 3.8) is 0 Å². The predicted molar refractivity (Wildman–Crippen MR) is 74.0 cm³/mol. The second-order valence-electron chi connectivity index (χ2n) is 5.27. The number of carbonyl (C=O) groups is 1. The zero-order chi connectivity index (χ0) is 14.9. The Hall–Kier alpha value is -1.71. The third-order valence-electron chi connectivity index (χ3n) is 3.68. The van der Waals surface area contributed by atoms with Gasteiger partial charge in [-0.25, -0.2) is 13.6 Å². The van der Waals surface area contributed by atoms with E-state index >= 15 is 0 Å². The first-order chi connectivity index (χ1) is 9.34. The van der Waals surface area contributed by atoms with Crippen LogP contribution in [0.5, 0.6) is 0 Å². The summed E-state index contributed by atoms with van der Waals surface area (Å²) in [7, 11) is 1.34. The molecule has 1 aliphatic carbocycles. The fraction of sp³-hybridized carbons (Fsp3) is 0.438. The lowest BCUT2D eigenvalue weighted by atomic mass is 9.86. The van der Waals surface area contributed by atoms with Crippen LogP contribution < -0.4 is 0 Å². The van der Waals surface area contributed by atoms with Gasteiger partial charge in [-0.05, 0) is 54.7 Å². The number of aryl methyl sites for hydroxylation is 2. The molecule has 2 nitrogen and oxygen atoms in total. The lowest BCUT2D eigenvalue weighted by Gasteiger charge is -2.24. The first-order valence-electron chi connectivity index (χ1n) is 6.61. The van der Waals surface area contributed by atoms with Gasteiger partial charge in [-0.3, -0.25) is 0 Å². The van der Waals surface area contributed by atoms with Crippen molar-refractivity contribution in [2.45, 2.75) is 39.0 Å². The molecular formula is C16H18F2O2. The van der Waals surface area contributed by atoms with E-state index in [1.165, 1.54) is 7.11 Å². The molecule has 108 valence electrons. The smallest absolute Gasteiger partial charge is 0.337 e. The summed E-state index contributed by atoms with van der Waals surface area (Å²) in [4.78, 5) is 11.6. The van der Waals surface area contributed by atoms with Gasteiger partial charge in [0.05, 0.1) is 12.7 Å². The maximum absolute atomic E-state index is 13.2. The van der Waals surface area contributed by atoms with Gasteiger partial charge in [0.25, 0.3) is 5.92 Å². The van der Waals surface area contributed by atoms with Gasteiger partial charge in [-0.1, -0.05) is 6.08 Å². The number of carbonyl (C=O) groups excluding carboxylic acids is 1. The van der Waals surface area contributed by atoms with E-state index in [0.717, 1.165) is 22.3 Å². The molecule has 0 N–H and O–H groups in total. The summed E-state index contributed by atoms with van der Waals surface area (Å²) in [5.74, 6) is -2.97. The molecule has 0 fully saturated rings. The molecule has 4 heteroatoms. The minimum atomic E-state index is -2.59. The molecule has 0 aliphatic heterocycles. The molecule has 0 bridgehead atoms. The highest BCUT2D eigenvalue weighted by Gasteiger charge is 2.31. The van der Waals surface area contributed by atoms with Crippen LogP contribution in [0.3, 0.4) is 0 Å². The fourth-order valence-corrected chi connectivity index (χ4v) is 2.73. The SMILES string of the molecule is COC(=O)c1cc(C)c(C2=CCC(F)(F)CC2)c(C)c1. The Morgan fingerprint density at radius 3 is 2.30 bits per heavy atom. The van der Waals surface area contributed by atoms with Gasteiger partial charge in [0.2, 0.25) is 0 Å². The van der Waals surface area contributed by atoms with Gasteiger partial charge in [-0.15, -0.1) is 0 Å². The molecule has 0 atom stereocenters. The van der Waals surface area contributed by atoms with Crippen molar-refractivity contribution < 1.29 is 18.3 Å².